The molecule has 0 unspecified atom stereocenters. The number of nitrogens with zero attached hydrogens (tertiary/aromatic N) is 4. The number of ketones is 2. The number of aromatic nitrogens is 4. The van der Waals surface area contributed by atoms with Gasteiger partial charge in [0.15, 0.2) is 29.0 Å². The van der Waals surface area contributed by atoms with Gasteiger partial charge in [0.05, 0.1) is 23.3 Å². The van der Waals surface area contributed by atoms with Crippen molar-refractivity contribution in [3.63, 3.8) is 0 Å². The third kappa shape index (κ3) is 6.12. The Morgan fingerprint density at radius 2 is 1.76 bits per heavy atom. The van der Waals surface area contributed by atoms with Crippen LogP contribution in [-0.4, -0.2) is 38.6 Å². The number of Topliss-reactive ketones (excluding diaryl/α,β-unsaturated/α-hetero) is 2. The normalized spacial score (nSPS) is 11.8. The summed E-state index contributed by atoms with van der Waals surface area (Å²) < 4.78 is 19.3. The first kappa shape index (κ1) is 29.9. The molecule has 4 rings (SSSR count). The predicted molar refractivity (Wildman–Crippen MR) is 147 cm³/mol. The Labute approximate surface area is 225 Å². The highest BCUT2D eigenvalue weighted by Gasteiger charge is 2.28. The fraction of sp³-hybridized carbons (Fsp3) is 0.259. The van der Waals surface area contributed by atoms with Gasteiger partial charge in [-0.2, -0.15) is 0 Å². The smallest absolute Gasteiger partial charge is 0.179 e. The van der Waals surface area contributed by atoms with E-state index in [-0.39, 0.29) is 52.4 Å². The minimum Gasteiger partial charge on any atom is -0.492 e. The summed E-state index contributed by atoms with van der Waals surface area (Å²) in [7, 11) is 1.28. The molecule has 0 amide bonds. The minimum absolute atomic E-state index is 0. The first-order valence-corrected chi connectivity index (χ1v) is 11.4. The van der Waals surface area contributed by atoms with E-state index in [1.165, 1.54) is 39.2 Å². The average Bonchev–Trinajstić information content (AvgIpc) is 3.69. The molecule has 1 aliphatic rings. The van der Waals surface area contributed by atoms with Crippen molar-refractivity contribution in [2.24, 2.45) is 0 Å². The van der Waals surface area contributed by atoms with Crippen LogP contribution in [0.1, 0.15) is 78.0 Å². The molecular weight excluding hydrogens is 511 g/mol. The second-order valence-corrected chi connectivity index (χ2v) is 8.47. The Kier molecular flexibility index (Phi) is 9.63. The molecular formula is C27H28ClFN6O3. The Balaban J connectivity index is 0.000000277. The second kappa shape index (κ2) is 12.3. The van der Waals surface area contributed by atoms with Gasteiger partial charge in [-0.15, -0.1) is 6.42 Å². The number of ether oxygens (including phenoxy) is 1. The molecule has 2 heterocycles. The molecule has 2 aromatic heterocycles. The number of anilines is 2. The number of terminal acetylenes is 1. The van der Waals surface area contributed by atoms with Crippen molar-refractivity contribution in [2.45, 2.75) is 40.0 Å². The van der Waals surface area contributed by atoms with Gasteiger partial charge < -0.3 is 16.2 Å². The van der Waals surface area contributed by atoms with Crippen LogP contribution in [0.5, 0.6) is 5.75 Å². The molecule has 198 valence electrons. The summed E-state index contributed by atoms with van der Waals surface area (Å²) in [6.07, 6.45) is 9.01. The number of halogens is 2. The highest BCUT2D eigenvalue weighted by Crippen LogP contribution is 2.39. The molecule has 1 aromatic carbocycles. The number of rotatable bonds is 6. The van der Waals surface area contributed by atoms with Crippen molar-refractivity contribution in [1.29, 1.82) is 0 Å². The molecule has 4 N–H and O–H groups in total. The van der Waals surface area contributed by atoms with Crippen molar-refractivity contribution in [3.05, 3.63) is 57.9 Å². The van der Waals surface area contributed by atoms with Gasteiger partial charge >= 0.3 is 0 Å². The minimum atomic E-state index is -0.752. The van der Waals surface area contributed by atoms with E-state index < -0.39 is 11.6 Å². The summed E-state index contributed by atoms with van der Waals surface area (Å²) in [5.41, 5.74) is 12.5. The van der Waals surface area contributed by atoms with E-state index in [0.717, 1.165) is 12.8 Å². The van der Waals surface area contributed by atoms with E-state index in [2.05, 4.69) is 32.4 Å². The van der Waals surface area contributed by atoms with Gasteiger partial charge in [0.1, 0.15) is 28.8 Å². The number of methoxy groups -OCH3 is 1. The number of carbonyl (C=O) groups is 2. The summed E-state index contributed by atoms with van der Waals surface area (Å²) in [6, 6.07) is 2.80. The topological polar surface area (TPSA) is 147 Å². The van der Waals surface area contributed by atoms with Crippen LogP contribution >= 0.6 is 11.6 Å². The number of carbonyl (C=O) groups excluding carboxylic acids is 2. The number of nitrogens with two attached hydrogens (primary N) is 2. The maximum Gasteiger partial charge on any atom is 0.179 e. The summed E-state index contributed by atoms with van der Waals surface area (Å²) in [5, 5.41) is 0.101. The summed E-state index contributed by atoms with van der Waals surface area (Å²) in [5.74, 6) is 2.16. The monoisotopic (exact) mass is 538 g/mol. The fourth-order valence-corrected chi connectivity index (χ4v) is 3.61. The van der Waals surface area contributed by atoms with Crippen molar-refractivity contribution in [1.82, 2.24) is 19.9 Å². The van der Waals surface area contributed by atoms with Crippen molar-refractivity contribution >= 4 is 40.9 Å². The zero-order valence-electron chi connectivity index (χ0n) is 20.4. The molecule has 11 heteroatoms. The largest absolute Gasteiger partial charge is 0.492 e. The van der Waals surface area contributed by atoms with Crippen LogP contribution in [0.2, 0.25) is 5.02 Å². The SMILES string of the molecule is C.C#Cc1c(N)nc(-c2ccc(Cl)c(OC)c2F)nc1C(C)=O.C=Cc1c(N)nc(C2CC2)nc1C(C)=O. The Hall–Kier alpha value is -4.36. The lowest BCUT2D eigenvalue weighted by Gasteiger charge is -2.10. The van der Waals surface area contributed by atoms with Crippen molar-refractivity contribution < 1.29 is 18.7 Å². The van der Waals surface area contributed by atoms with Crippen LogP contribution in [0.25, 0.3) is 17.5 Å². The third-order valence-corrected chi connectivity index (χ3v) is 5.68. The lowest BCUT2D eigenvalue weighted by atomic mass is 10.1. The standard InChI is InChI=1S/C15H11ClFN3O2.C11H13N3O.CH4/c1-4-8-12(7(2)21)19-15(20-14(8)18)9-5-6-10(16)13(22-3)11(9)17;1-3-8-9(6(2)15)13-11(7-4-5-7)14-10(8)12;/h1,5-6H,2-3H3,(H2,18,19,20);3,7H,1,4-5H2,2H3,(H2,12,13,14);1H4. The Bertz CT molecular complexity index is 1460. The fourth-order valence-electron chi connectivity index (χ4n) is 3.39. The van der Waals surface area contributed by atoms with Gasteiger partial charge in [-0.1, -0.05) is 37.6 Å². The van der Waals surface area contributed by atoms with E-state index in [1.807, 2.05) is 0 Å². The number of hydrogen-bond acceptors (Lipinski definition) is 9. The van der Waals surface area contributed by atoms with Crippen LogP contribution in [0, 0.1) is 18.2 Å². The van der Waals surface area contributed by atoms with E-state index in [1.54, 1.807) is 0 Å². The van der Waals surface area contributed by atoms with Gasteiger partial charge in [-0.3, -0.25) is 9.59 Å². The number of benzene rings is 1. The zero-order chi connectivity index (χ0) is 27.4. The maximum absolute atomic E-state index is 14.4. The van der Waals surface area contributed by atoms with Gasteiger partial charge in [-0.05, 0) is 25.0 Å². The van der Waals surface area contributed by atoms with Gasteiger partial charge in [0.2, 0.25) is 0 Å². The van der Waals surface area contributed by atoms with Crippen LogP contribution < -0.4 is 16.2 Å². The summed E-state index contributed by atoms with van der Waals surface area (Å²) in [4.78, 5) is 39.4. The molecule has 1 fully saturated rings. The molecule has 0 spiro atoms. The number of nitrogen functional groups attached to an aromatic ring is 2. The first-order valence-electron chi connectivity index (χ1n) is 11.0. The molecule has 3 aromatic rings. The van der Waals surface area contributed by atoms with Crippen LogP contribution in [-0.2, 0) is 0 Å². The molecule has 0 bridgehead atoms. The van der Waals surface area contributed by atoms with E-state index in [9.17, 15) is 14.0 Å². The molecule has 0 aliphatic heterocycles. The summed E-state index contributed by atoms with van der Waals surface area (Å²) in [6.45, 7) is 6.37. The van der Waals surface area contributed by atoms with Gasteiger partial charge in [0.25, 0.3) is 0 Å². The molecule has 38 heavy (non-hydrogen) atoms. The highest BCUT2D eigenvalue weighted by atomic mass is 35.5. The highest BCUT2D eigenvalue weighted by molar-refractivity contribution is 6.32. The van der Waals surface area contributed by atoms with E-state index in [0.29, 0.717) is 28.8 Å². The summed E-state index contributed by atoms with van der Waals surface area (Å²) >= 11 is 5.84. The Morgan fingerprint density at radius 3 is 2.26 bits per heavy atom. The van der Waals surface area contributed by atoms with Gasteiger partial charge in [0, 0.05) is 25.3 Å². The lowest BCUT2D eigenvalue weighted by molar-refractivity contribution is 0.1000. The molecule has 1 saturated carbocycles. The Morgan fingerprint density at radius 1 is 1.13 bits per heavy atom. The molecule has 0 radical (unpaired) electrons. The van der Waals surface area contributed by atoms with Crippen LogP contribution in [0.4, 0.5) is 16.0 Å². The second-order valence-electron chi connectivity index (χ2n) is 8.06. The molecule has 0 saturated heterocycles. The molecule has 1 aliphatic carbocycles. The van der Waals surface area contributed by atoms with Crippen LogP contribution in [0.15, 0.2) is 18.7 Å². The van der Waals surface area contributed by atoms with Gasteiger partial charge in [-0.25, -0.2) is 24.3 Å². The van der Waals surface area contributed by atoms with E-state index >= 15 is 0 Å². The zero-order valence-corrected chi connectivity index (χ0v) is 21.2. The lowest BCUT2D eigenvalue weighted by Crippen LogP contribution is -2.09. The molecule has 0 atom stereocenters. The number of hydrogen-bond donors (Lipinski definition) is 2. The predicted octanol–water partition coefficient (Wildman–Crippen LogP) is 5.13. The molecule has 9 nitrogen and oxygen atoms in total. The van der Waals surface area contributed by atoms with Crippen molar-refractivity contribution in [3.8, 4) is 29.5 Å². The maximum atomic E-state index is 14.4. The van der Waals surface area contributed by atoms with Crippen LogP contribution in [0.3, 0.4) is 0 Å². The quantitative estimate of drug-likeness (QED) is 0.322. The average molecular weight is 539 g/mol. The third-order valence-electron chi connectivity index (χ3n) is 5.38. The van der Waals surface area contributed by atoms with E-state index in [4.69, 9.17) is 34.2 Å². The van der Waals surface area contributed by atoms with Crippen molar-refractivity contribution in [2.75, 3.05) is 18.6 Å². The first-order chi connectivity index (χ1) is 17.5.